The molecule has 1 unspecified atom stereocenters. The van der Waals surface area contributed by atoms with E-state index in [2.05, 4.69) is 15.4 Å². The quantitative estimate of drug-likeness (QED) is 0.592. The lowest BCUT2D eigenvalue weighted by atomic mass is 10.3. The highest BCUT2D eigenvalue weighted by atomic mass is 19.3. The molecule has 56 valence electrons. The fourth-order valence-electron chi connectivity index (χ4n) is 0.423. The second kappa shape index (κ2) is 2.65. The molecule has 0 aliphatic heterocycles. The first-order valence-corrected chi connectivity index (χ1v) is 2.49. The molecule has 0 aliphatic carbocycles. The Morgan fingerprint density at radius 1 is 1.50 bits per heavy atom. The first kappa shape index (κ1) is 7.00. The standard InChI is InChI=1S/C3H5F2N5/c4-2(5)1(6)3-7-9-10-8-3/h1-2H,6H2,(H,7,8,9,10). The Kier molecular flexibility index (Phi) is 1.86. The van der Waals surface area contributed by atoms with Gasteiger partial charge < -0.3 is 5.73 Å². The van der Waals surface area contributed by atoms with Gasteiger partial charge in [0.25, 0.3) is 6.43 Å². The molecule has 10 heavy (non-hydrogen) atoms. The minimum atomic E-state index is -2.66. The summed E-state index contributed by atoms with van der Waals surface area (Å²) in [6.07, 6.45) is -2.66. The van der Waals surface area contributed by atoms with Crippen molar-refractivity contribution >= 4 is 0 Å². The maximum atomic E-state index is 11.7. The fraction of sp³-hybridized carbons (Fsp3) is 0.667. The van der Waals surface area contributed by atoms with Crippen LogP contribution < -0.4 is 5.73 Å². The van der Waals surface area contributed by atoms with Gasteiger partial charge in [-0.05, 0) is 0 Å². The SMILES string of the molecule is NC(c1nn[nH]n1)C(F)F. The summed E-state index contributed by atoms with van der Waals surface area (Å²) < 4.78 is 23.5. The Hall–Kier alpha value is -1.11. The molecule has 0 spiro atoms. The minimum Gasteiger partial charge on any atom is -0.316 e. The zero-order valence-electron chi connectivity index (χ0n) is 4.83. The second-order valence-electron chi connectivity index (χ2n) is 1.63. The van der Waals surface area contributed by atoms with Crippen LogP contribution >= 0.6 is 0 Å². The van der Waals surface area contributed by atoms with Crippen molar-refractivity contribution in [3.8, 4) is 0 Å². The summed E-state index contributed by atoms with van der Waals surface area (Å²) in [4.78, 5) is 0. The number of nitrogens with zero attached hydrogens (tertiary/aromatic N) is 3. The number of nitrogens with two attached hydrogens (primary N) is 1. The van der Waals surface area contributed by atoms with E-state index in [0.29, 0.717) is 0 Å². The zero-order valence-corrected chi connectivity index (χ0v) is 4.83. The molecular formula is C3H5F2N5. The maximum Gasteiger partial charge on any atom is 0.260 e. The third-order valence-corrected chi connectivity index (χ3v) is 0.931. The molecule has 0 aromatic carbocycles. The predicted molar refractivity (Wildman–Crippen MR) is 27.1 cm³/mol. The molecule has 1 aromatic rings. The fourth-order valence-corrected chi connectivity index (χ4v) is 0.423. The molecule has 0 amide bonds. The number of alkyl halides is 2. The number of rotatable bonds is 2. The molecule has 1 heterocycles. The normalized spacial score (nSPS) is 14.0. The summed E-state index contributed by atoms with van der Waals surface area (Å²) in [5, 5.41) is 11.7. The van der Waals surface area contributed by atoms with Gasteiger partial charge in [0.15, 0.2) is 5.82 Å². The van der Waals surface area contributed by atoms with Crippen LogP contribution in [0.15, 0.2) is 0 Å². The molecular weight excluding hydrogens is 144 g/mol. The van der Waals surface area contributed by atoms with E-state index in [1.54, 1.807) is 0 Å². The van der Waals surface area contributed by atoms with E-state index in [0.717, 1.165) is 0 Å². The van der Waals surface area contributed by atoms with Crippen LogP contribution in [-0.4, -0.2) is 27.0 Å². The summed E-state index contributed by atoms with van der Waals surface area (Å²) in [7, 11) is 0. The minimum absolute atomic E-state index is 0.171. The number of aromatic nitrogens is 4. The predicted octanol–water partition coefficient (Wildman–Crippen LogP) is -0.535. The van der Waals surface area contributed by atoms with Crippen LogP contribution in [0.4, 0.5) is 8.78 Å². The van der Waals surface area contributed by atoms with Gasteiger partial charge in [0.2, 0.25) is 0 Å². The highest BCUT2D eigenvalue weighted by Gasteiger charge is 2.21. The Labute approximate surface area is 54.6 Å². The number of H-pyrrole nitrogens is 1. The summed E-state index contributed by atoms with van der Waals surface area (Å²) >= 11 is 0. The van der Waals surface area contributed by atoms with Gasteiger partial charge in [0.1, 0.15) is 6.04 Å². The van der Waals surface area contributed by atoms with Gasteiger partial charge in [-0.3, -0.25) is 0 Å². The van der Waals surface area contributed by atoms with Gasteiger partial charge >= 0.3 is 0 Å². The van der Waals surface area contributed by atoms with Crippen molar-refractivity contribution < 1.29 is 8.78 Å². The third kappa shape index (κ3) is 1.24. The van der Waals surface area contributed by atoms with Gasteiger partial charge in [0.05, 0.1) is 0 Å². The first-order valence-electron chi connectivity index (χ1n) is 2.49. The number of hydrogen-bond donors (Lipinski definition) is 2. The molecule has 1 atom stereocenters. The van der Waals surface area contributed by atoms with Crippen molar-refractivity contribution in [3.05, 3.63) is 5.82 Å². The summed E-state index contributed by atoms with van der Waals surface area (Å²) in [6, 6.07) is -1.45. The molecule has 0 aliphatic rings. The van der Waals surface area contributed by atoms with Crippen molar-refractivity contribution in [3.63, 3.8) is 0 Å². The number of tetrazole rings is 1. The summed E-state index contributed by atoms with van der Waals surface area (Å²) in [6.45, 7) is 0. The molecule has 1 aromatic heterocycles. The first-order chi connectivity index (χ1) is 4.72. The van der Waals surface area contributed by atoms with Gasteiger partial charge in [-0.2, -0.15) is 5.21 Å². The number of halogens is 2. The maximum absolute atomic E-state index is 11.7. The summed E-state index contributed by atoms with van der Waals surface area (Å²) in [5.74, 6) is -0.171. The van der Waals surface area contributed by atoms with Crippen LogP contribution in [0, 0.1) is 0 Å². The number of hydrogen-bond acceptors (Lipinski definition) is 4. The lowest BCUT2D eigenvalue weighted by molar-refractivity contribution is 0.113. The van der Waals surface area contributed by atoms with E-state index >= 15 is 0 Å². The molecule has 0 radical (unpaired) electrons. The van der Waals surface area contributed by atoms with Gasteiger partial charge in [-0.25, -0.2) is 8.78 Å². The monoisotopic (exact) mass is 149 g/mol. The Morgan fingerprint density at radius 2 is 2.20 bits per heavy atom. The molecule has 5 nitrogen and oxygen atoms in total. The van der Waals surface area contributed by atoms with Crippen molar-refractivity contribution in [2.24, 2.45) is 5.73 Å². The van der Waals surface area contributed by atoms with Gasteiger partial charge in [-0.1, -0.05) is 5.21 Å². The average Bonchev–Trinajstić information content (AvgIpc) is 2.36. The Bertz CT molecular complexity index is 185. The smallest absolute Gasteiger partial charge is 0.260 e. The van der Waals surface area contributed by atoms with Crippen LogP contribution in [0.1, 0.15) is 11.9 Å². The lowest BCUT2D eigenvalue weighted by Crippen LogP contribution is -2.20. The highest BCUT2D eigenvalue weighted by Crippen LogP contribution is 2.11. The Morgan fingerprint density at radius 3 is 2.60 bits per heavy atom. The van der Waals surface area contributed by atoms with Crippen LogP contribution in [0.5, 0.6) is 0 Å². The van der Waals surface area contributed by atoms with Crippen molar-refractivity contribution in [2.75, 3.05) is 0 Å². The third-order valence-electron chi connectivity index (χ3n) is 0.931. The molecule has 0 bridgehead atoms. The second-order valence-corrected chi connectivity index (χ2v) is 1.63. The number of aromatic amines is 1. The van der Waals surface area contributed by atoms with Gasteiger partial charge in [-0.15, -0.1) is 10.2 Å². The summed E-state index contributed by atoms with van der Waals surface area (Å²) in [5.41, 5.74) is 4.95. The molecule has 0 saturated heterocycles. The number of nitrogens with one attached hydrogen (secondary N) is 1. The van der Waals surface area contributed by atoms with Crippen molar-refractivity contribution in [1.29, 1.82) is 0 Å². The largest absolute Gasteiger partial charge is 0.316 e. The van der Waals surface area contributed by atoms with Crippen LogP contribution in [0.3, 0.4) is 0 Å². The molecule has 3 N–H and O–H groups in total. The van der Waals surface area contributed by atoms with Crippen LogP contribution in [-0.2, 0) is 0 Å². The molecule has 7 heteroatoms. The van der Waals surface area contributed by atoms with E-state index in [9.17, 15) is 8.78 Å². The van der Waals surface area contributed by atoms with E-state index in [4.69, 9.17) is 5.73 Å². The molecule has 0 saturated carbocycles. The van der Waals surface area contributed by atoms with Crippen molar-refractivity contribution in [1.82, 2.24) is 20.6 Å². The zero-order chi connectivity index (χ0) is 7.56. The highest BCUT2D eigenvalue weighted by molar-refractivity contribution is 4.87. The lowest BCUT2D eigenvalue weighted by Gasteiger charge is -2.02. The average molecular weight is 149 g/mol. The van der Waals surface area contributed by atoms with Crippen molar-refractivity contribution in [2.45, 2.75) is 12.5 Å². The molecule has 0 fully saturated rings. The van der Waals surface area contributed by atoms with E-state index in [-0.39, 0.29) is 5.82 Å². The van der Waals surface area contributed by atoms with Crippen LogP contribution in [0.25, 0.3) is 0 Å². The van der Waals surface area contributed by atoms with Crippen LogP contribution in [0.2, 0.25) is 0 Å². The van der Waals surface area contributed by atoms with E-state index < -0.39 is 12.5 Å². The van der Waals surface area contributed by atoms with E-state index in [1.807, 2.05) is 5.21 Å². The van der Waals surface area contributed by atoms with Gasteiger partial charge in [0, 0.05) is 0 Å². The Balaban J connectivity index is 2.68. The van der Waals surface area contributed by atoms with E-state index in [1.165, 1.54) is 0 Å². The topological polar surface area (TPSA) is 80.5 Å². The molecule has 1 rings (SSSR count).